The number of ether oxygens (including phenoxy) is 2. The van der Waals surface area contributed by atoms with Crippen LogP contribution in [0.5, 0.6) is 0 Å². The normalized spacial score (nSPS) is 51.0. The molecule has 2 aliphatic carbocycles. The Morgan fingerprint density at radius 2 is 2.04 bits per heavy atom. The van der Waals surface area contributed by atoms with Crippen molar-refractivity contribution in [1.29, 1.82) is 0 Å². The molecule has 5 rings (SSSR count). The van der Waals surface area contributed by atoms with Crippen LogP contribution in [0.2, 0.25) is 0 Å². The second-order valence-corrected chi connectivity index (χ2v) is 9.07. The molecule has 2 saturated carbocycles. The van der Waals surface area contributed by atoms with Gasteiger partial charge < -0.3 is 9.47 Å². The van der Waals surface area contributed by atoms with Gasteiger partial charge in [0.05, 0.1) is 24.4 Å². The molecule has 9 atom stereocenters. The molecule has 0 aromatic rings. The van der Waals surface area contributed by atoms with E-state index in [0.717, 1.165) is 0 Å². The van der Waals surface area contributed by atoms with Gasteiger partial charge in [-0.3, -0.25) is 9.59 Å². The van der Waals surface area contributed by atoms with E-state index in [0.29, 0.717) is 25.9 Å². The fourth-order valence-corrected chi connectivity index (χ4v) is 6.72. The lowest BCUT2D eigenvalue weighted by Gasteiger charge is -2.42. The van der Waals surface area contributed by atoms with Crippen molar-refractivity contribution in [2.24, 2.45) is 49.5 Å². The second kappa shape index (κ2) is 5.67. The highest BCUT2D eigenvalue weighted by molar-refractivity contribution is 5.94. The Kier molecular flexibility index (Phi) is 3.62. The minimum Gasteiger partial charge on any atom is -0.461 e. The summed E-state index contributed by atoms with van der Waals surface area (Å²) in [7, 11) is 0. The summed E-state index contributed by atoms with van der Waals surface area (Å²) < 4.78 is 11.6. The van der Waals surface area contributed by atoms with Gasteiger partial charge in [0.2, 0.25) is 0 Å². The number of hydrogen-bond donors (Lipinski definition) is 0. The lowest BCUT2D eigenvalue weighted by molar-refractivity contribution is -0.167. The van der Waals surface area contributed by atoms with Gasteiger partial charge in [0.15, 0.2) is 11.3 Å². The zero-order valence-electron chi connectivity index (χ0n) is 16.2. The first-order valence-corrected chi connectivity index (χ1v) is 9.98. The van der Waals surface area contributed by atoms with Crippen LogP contribution >= 0.6 is 0 Å². The van der Waals surface area contributed by atoms with E-state index in [1.165, 1.54) is 6.92 Å². The van der Waals surface area contributed by atoms with E-state index in [1.54, 1.807) is 0 Å². The summed E-state index contributed by atoms with van der Waals surface area (Å²) in [5, 5.41) is 16.7. The van der Waals surface area contributed by atoms with E-state index in [1.807, 2.05) is 6.92 Å². The Balaban J connectivity index is 1.69. The van der Waals surface area contributed by atoms with E-state index >= 15 is 0 Å². The van der Waals surface area contributed by atoms with Crippen LogP contribution in [0.25, 0.3) is 0 Å². The van der Waals surface area contributed by atoms with Crippen LogP contribution in [0, 0.1) is 29.1 Å². The molecule has 0 N–H and O–H groups in total. The number of azo groups is 2. The number of hydrogen-bond acceptors (Lipinski definition) is 9. The number of rotatable bonds is 1. The summed E-state index contributed by atoms with van der Waals surface area (Å²) >= 11 is 0. The third-order valence-corrected chi connectivity index (χ3v) is 7.69. The molecular formula is C19H24N4O5. The lowest BCUT2D eigenvalue weighted by Crippen LogP contribution is -2.55. The van der Waals surface area contributed by atoms with Crippen molar-refractivity contribution >= 4 is 17.7 Å². The molecule has 3 heterocycles. The van der Waals surface area contributed by atoms with E-state index in [-0.39, 0.29) is 23.5 Å². The molecule has 28 heavy (non-hydrogen) atoms. The summed E-state index contributed by atoms with van der Waals surface area (Å²) in [4.78, 5) is 38.5. The van der Waals surface area contributed by atoms with Gasteiger partial charge in [-0.15, -0.1) is 0 Å². The Labute approximate surface area is 162 Å². The maximum Gasteiger partial charge on any atom is 0.336 e. The van der Waals surface area contributed by atoms with Crippen molar-refractivity contribution in [1.82, 2.24) is 0 Å². The molecule has 0 aromatic carbocycles. The molecule has 1 saturated heterocycles. The van der Waals surface area contributed by atoms with Crippen molar-refractivity contribution in [2.75, 3.05) is 13.1 Å². The number of fused-ring (bicyclic) bond motifs is 5. The molecule has 3 fully saturated rings. The van der Waals surface area contributed by atoms with Crippen molar-refractivity contribution in [3.8, 4) is 0 Å². The Morgan fingerprint density at radius 1 is 1.25 bits per heavy atom. The van der Waals surface area contributed by atoms with Crippen molar-refractivity contribution in [3.05, 3.63) is 0 Å². The molecule has 9 nitrogen and oxygen atoms in total. The smallest absolute Gasteiger partial charge is 0.336 e. The molecule has 9 heteroatoms. The van der Waals surface area contributed by atoms with Crippen molar-refractivity contribution < 1.29 is 23.9 Å². The van der Waals surface area contributed by atoms with Gasteiger partial charge in [-0.05, 0) is 25.2 Å². The van der Waals surface area contributed by atoms with Gasteiger partial charge in [0.25, 0.3) is 0 Å². The Hall–Kier alpha value is -2.19. The highest BCUT2D eigenvalue weighted by atomic mass is 16.6. The van der Waals surface area contributed by atoms with Gasteiger partial charge in [0.1, 0.15) is 18.2 Å². The third-order valence-electron chi connectivity index (χ3n) is 7.69. The molecule has 1 spiro atoms. The van der Waals surface area contributed by atoms with Gasteiger partial charge in [-0.2, -0.15) is 20.5 Å². The third kappa shape index (κ3) is 1.99. The minimum atomic E-state index is -1.16. The highest BCUT2D eigenvalue weighted by Gasteiger charge is 2.74. The standard InChI is InChI=1S/C19H24N4O5/c1-8-6-11-13(19(17(26)28-11)4-5-20-23-19)16(27-9(2)24)18(3)12(8)10-7-21-22-14(10)15(18)25/h8,10-14,16H,4-7H2,1-3H3/t8-,10+,11-,12-,13+,14+,16+,18+,19+/m1/s1. The Bertz CT molecular complexity index is 827. The van der Waals surface area contributed by atoms with E-state index in [9.17, 15) is 14.4 Å². The highest BCUT2D eigenvalue weighted by Crippen LogP contribution is 2.61. The molecule has 0 unspecified atom stereocenters. The predicted octanol–water partition coefficient (Wildman–Crippen LogP) is 1.75. The van der Waals surface area contributed by atoms with Gasteiger partial charge in [-0.1, -0.05) is 6.92 Å². The number of esters is 2. The number of carbonyl (C=O) groups is 3. The SMILES string of the molecule is CC(=O)O[C@H]1[C@@H]2[C@@H](C[C@@H](C)[C@@H]3[C@@H]4CN=N[C@@H]4C(=O)[C@]31C)OC(=O)[C@]21CCN=N1. The first-order chi connectivity index (χ1) is 13.3. The molecule has 0 bridgehead atoms. The van der Waals surface area contributed by atoms with E-state index in [2.05, 4.69) is 27.4 Å². The predicted molar refractivity (Wildman–Crippen MR) is 93.4 cm³/mol. The number of Topliss-reactive ketones (excluding diaryl/α,β-unsaturated/α-hetero) is 1. The van der Waals surface area contributed by atoms with Gasteiger partial charge >= 0.3 is 11.9 Å². The summed E-state index contributed by atoms with van der Waals surface area (Å²) in [5.41, 5.74) is -2.12. The van der Waals surface area contributed by atoms with Crippen molar-refractivity contribution in [2.45, 2.75) is 57.4 Å². The molecule has 5 aliphatic rings. The summed E-state index contributed by atoms with van der Waals surface area (Å²) in [5.74, 6) is -1.43. The van der Waals surface area contributed by atoms with Gasteiger partial charge in [-0.25, -0.2) is 4.79 Å². The number of nitrogens with zero attached hydrogens (tertiary/aromatic N) is 4. The maximum atomic E-state index is 13.6. The van der Waals surface area contributed by atoms with Crippen LogP contribution in [-0.2, 0) is 23.9 Å². The average molecular weight is 388 g/mol. The summed E-state index contributed by atoms with van der Waals surface area (Å²) in [6, 6.07) is -0.494. The fourth-order valence-electron chi connectivity index (χ4n) is 6.72. The largest absolute Gasteiger partial charge is 0.461 e. The van der Waals surface area contributed by atoms with Crippen LogP contribution < -0.4 is 0 Å². The molecular weight excluding hydrogens is 364 g/mol. The molecule has 0 aromatic heterocycles. The van der Waals surface area contributed by atoms with Crippen LogP contribution in [0.1, 0.15) is 33.6 Å². The van der Waals surface area contributed by atoms with Gasteiger partial charge in [0, 0.05) is 19.3 Å². The van der Waals surface area contributed by atoms with E-state index < -0.39 is 47.1 Å². The van der Waals surface area contributed by atoms with Crippen LogP contribution in [-0.4, -0.2) is 54.6 Å². The Morgan fingerprint density at radius 3 is 2.71 bits per heavy atom. The first kappa shape index (κ1) is 17.9. The lowest BCUT2D eigenvalue weighted by atomic mass is 9.64. The zero-order chi connectivity index (χ0) is 19.8. The molecule has 0 amide bonds. The first-order valence-electron chi connectivity index (χ1n) is 9.98. The summed E-state index contributed by atoms with van der Waals surface area (Å²) in [6.07, 6.45) is -0.238. The average Bonchev–Trinajstić information content (AvgIpc) is 3.36. The zero-order valence-corrected chi connectivity index (χ0v) is 16.2. The minimum absolute atomic E-state index is 0.00115. The quantitative estimate of drug-likeness (QED) is 0.634. The van der Waals surface area contributed by atoms with Crippen molar-refractivity contribution in [3.63, 3.8) is 0 Å². The number of ketones is 1. The molecule has 3 aliphatic heterocycles. The molecule has 150 valence electrons. The van der Waals surface area contributed by atoms with Crippen LogP contribution in [0.4, 0.5) is 0 Å². The number of carbonyl (C=O) groups excluding carboxylic acids is 3. The van der Waals surface area contributed by atoms with Crippen LogP contribution in [0.15, 0.2) is 20.5 Å². The fraction of sp³-hybridized carbons (Fsp3) is 0.842. The maximum absolute atomic E-state index is 13.6. The monoisotopic (exact) mass is 388 g/mol. The van der Waals surface area contributed by atoms with E-state index in [4.69, 9.17) is 9.47 Å². The second-order valence-electron chi connectivity index (χ2n) is 9.07. The van der Waals surface area contributed by atoms with Crippen LogP contribution in [0.3, 0.4) is 0 Å². The topological polar surface area (TPSA) is 119 Å². The summed E-state index contributed by atoms with van der Waals surface area (Å²) in [6.45, 7) is 6.23. The molecule has 0 radical (unpaired) electrons.